The minimum absolute atomic E-state index is 0.232. The van der Waals surface area contributed by atoms with E-state index in [4.69, 9.17) is 4.74 Å². The Balaban J connectivity index is 1.19. The second-order valence-corrected chi connectivity index (χ2v) is 8.32. The summed E-state index contributed by atoms with van der Waals surface area (Å²) in [6, 6.07) is 1.93. The van der Waals surface area contributed by atoms with Crippen molar-refractivity contribution in [1.29, 1.82) is 0 Å². The Morgan fingerprint density at radius 1 is 1.35 bits per heavy atom. The minimum atomic E-state index is -0.439. The van der Waals surface area contributed by atoms with Crippen molar-refractivity contribution in [3.8, 4) is 0 Å². The van der Waals surface area contributed by atoms with Crippen molar-refractivity contribution in [2.24, 2.45) is 11.3 Å². The van der Waals surface area contributed by atoms with E-state index in [1.165, 1.54) is 0 Å². The predicted octanol–water partition coefficient (Wildman–Crippen LogP) is 1.03. The van der Waals surface area contributed by atoms with Gasteiger partial charge >= 0.3 is 0 Å². The summed E-state index contributed by atoms with van der Waals surface area (Å²) in [5.74, 6) is 1.68. The molecule has 1 spiro atoms. The molecule has 4 aliphatic heterocycles. The summed E-state index contributed by atoms with van der Waals surface area (Å²) in [5.41, 5.74) is -0.182. The third-order valence-electron chi connectivity index (χ3n) is 5.72. The van der Waals surface area contributed by atoms with Crippen LogP contribution in [0.4, 0.5) is 5.95 Å². The fourth-order valence-corrected chi connectivity index (χ4v) is 4.89. The molecule has 1 aromatic heterocycles. The molecule has 0 atom stereocenters. The van der Waals surface area contributed by atoms with Gasteiger partial charge in [0.25, 0.3) is 5.91 Å². The molecule has 0 aromatic carbocycles. The normalized spacial score (nSPS) is 33.2. The van der Waals surface area contributed by atoms with Gasteiger partial charge in [-0.05, 0) is 31.1 Å². The molecule has 0 unspecified atom stereocenters. The number of fused-ring (bicyclic) bond motifs is 1. The van der Waals surface area contributed by atoms with E-state index in [2.05, 4.69) is 14.9 Å². The first kappa shape index (κ1) is 14.0. The molecule has 7 heteroatoms. The maximum absolute atomic E-state index is 12.6. The van der Waals surface area contributed by atoms with Crippen LogP contribution in [0.2, 0.25) is 0 Å². The van der Waals surface area contributed by atoms with Crippen molar-refractivity contribution in [1.82, 2.24) is 14.9 Å². The molecule has 4 saturated heterocycles. The Labute approximate surface area is 139 Å². The molecule has 1 saturated carbocycles. The second kappa shape index (κ2) is 4.60. The molecule has 23 heavy (non-hydrogen) atoms. The number of anilines is 1. The van der Waals surface area contributed by atoms with Crippen molar-refractivity contribution in [3.05, 3.63) is 12.3 Å². The van der Waals surface area contributed by atoms with Gasteiger partial charge in [-0.1, -0.05) is 0 Å². The van der Waals surface area contributed by atoms with Gasteiger partial charge in [-0.2, -0.15) is 0 Å². The molecule has 1 aliphatic carbocycles. The Kier molecular flexibility index (Phi) is 2.81. The van der Waals surface area contributed by atoms with Crippen molar-refractivity contribution in [3.63, 3.8) is 0 Å². The molecule has 2 bridgehead atoms. The number of carbonyl (C=O) groups is 1. The van der Waals surface area contributed by atoms with E-state index in [0.717, 1.165) is 56.6 Å². The van der Waals surface area contributed by atoms with E-state index in [-0.39, 0.29) is 11.3 Å². The second-order valence-electron chi connectivity index (χ2n) is 7.50. The lowest BCUT2D eigenvalue weighted by Crippen LogP contribution is -2.75. The van der Waals surface area contributed by atoms with Crippen LogP contribution in [0.1, 0.15) is 12.8 Å². The molecule has 0 N–H and O–H groups in total. The minimum Gasteiger partial charge on any atom is -0.365 e. The third-order valence-corrected chi connectivity index (χ3v) is 6.37. The van der Waals surface area contributed by atoms with Gasteiger partial charge in [0.1, 0.15) is 10.6 Å². The first-order valence-corrected chi connectivity index (χ1v) is 9.39. The van der Waals surface area contributed by atoms with Crippen LogP contribution in [0.3, 0.4) is 0 Å². The van der Waals surface area contributed by atoms with E-state index in [1.807, 2.05) is 23.4 Å². The summed E-state index contributed by atoms with van der Waals surface area (Å²) in [4.78, 5) is 25.7. The number of aromatic nitrogens is 2. The average Bonchev–Trinajstić information content (AvgIpc) is 3.05. The van der Waals surface area contributed by atoms with Crippen LogP contribution < -0.4 is 4.90 Å². The van der Waals surface area contributed by atoms with Crippen LogP contribution in [0.25, 0.3) is 0 Å². The Morgan fingerprint density at radius 2 is 2.13 bits per heavy atom. The number of nitrogens with zero attached hydrogens (tertiary/aromatic N) is 4. The van der Waals surface area contributed by atoms with Crippen LogP contribution in [0.15, 0.2) is 17.3 Å². The van der Waals surface area contributed by atoms with E-state index < -0.39 is 5.60 Å². The maximum Gasteiger partial charge on any atom is 0.254 e. The predicted molar refractivity (Wildman–Crippen MR) is 86.4 cm³/mol. The fourth-order valence-electron chi connectivity index (χ4n) is 4.52. The molecule has 6 rings (SSSR count). The van der Waals surface area contributed by atoms with Crippen LogP contribution in [0, 0.1) is 11.3 Å². The molecule has 6 nitrogen and oxygen atoms in total. The van der Waals surface area contributed by atoms with Crippen LogP contribution in [0.5, 0.6) is 0 Å². The molecule has 5 aliphatic rings. The summed E-state index contributed by atoms with van der Waals surface area (Å²) in [7, 11) is 0. The van der Waals surface area contributed by atoms with Crippen molar-refractivity contribution in [2.75, 3.05) is 43.9 Å². The van der Waals surface area contributed by atoms with Gasteiger partial charge in [-0.15, -0.1) is 11.8 Å². The number of hydrogen-bond acceptors (Lipinski definition) is 6. The zero-order valence-electron chi connectivity index (χ0n) is 13.2. The Bertz CT molecular complexity index is 656. The molecule has 122 valence electrons. The summed E-state index contributed by atoms with van der Waals surface area (Å²) in [5, 5.41) is 0.999. The highest BCUT2D eigenvalue weighted by Crippen LogP contribution is 2.51. The van der Waals surface area contributed by atoms with Crippen LogP contribution in [-0.4, -0.2) is 65.4 Å². The molecule has 1 amide bonds. The molecular weight excluding hydrogens is 312 g/mol. The van der Waals surface area contributed by atoms with Gasteiger partial charge in [-0.3, -0.25) is 4.79 Å². The highest BCUT2D eigenvalue weighted by atomic mass is 32.2. The highest BCUT2D eigenvalue weighted by molar-refractivity contribution is 7.98. The maximum atomic E-state index is 12.6. The van der Waals surface area contributed by atoms with Gasteiger partial charge in [0.2, 0.25) is 5.95 Å². The molecular formula is C16H20N4O2S. The number of thioether (sulfide) groups is 1. The number of ether oxygens (including phenoxy) is 1. The van der Waals surface area contributed by atoms with Crippen molar-refractivity contribution >= 4 is 23.6 Å². The number of hydrogen-bond donors (Lipinski definition) is 0. The average molecular weight is 332 g/mol. The van der Waals surface area contributed by atoms with E-state index in [9.17, 15) is 4.79 Å². The Morgan fingerprint density at radius 3 is 2.78 bits per heavy atom. The quantitative estimate of drug-likeness (QED) is 0.609. The van der Waals surface area contributed by atoms with Gasteiger partial charge in [0.15, 0.2) is 0 Å². The first-order chi connectivity index (χ1) is 11.1. The highest BCUT2D eigenvalue weighted by Gasteiger charge is 2.62. The topological polar surface area (TPSA) is 58.6 Å². The lowest BCUT2D eigenvalue weighted by molar-refractivity contribution is -0.169. The summed E-state index contributed by atoms with van der Waals surface area (Å²) >= 11 is 1.63. The summed E-state index contributed by atoms with van der Waals surface area (Å²) in [6.07, 6.45) is 5.72. The van der Waals surface area contributed by atoms with Crippen molar-refractivity contribution < 1.29 is 9.53 Å². The van der Waals surface area contributed by atoms with Gasteiger partial charge in [0, 0.05) is 37.8 Å². The van der Waals surface area contributed by atoms with E-state index in [1.54, 1.807) is 11.8 Å². The van der Waals surface area contributed by atoms with Gasteiger partial charge in [0.05, 0.1) is 6.61 Å². The van der Waals surface area contributed by atoms with E-state index >= 15 is 0 Å². The SMILES string of the molecule is CSc1ccnc(N2CC3(CN(C(=O)C45CC(CO4)C5)C3)C2)n1. The number of rotatable bonds is 3. The van der Waals surface area contributed by atoms with Crippen LogP contribution in [-0.2, 0) is 9.53 Å². The molecule has 1 aromatic rings. The fraction of sp³-hybridized carbons (Fsp3) is 0.688. The third kappa shape index (κ3) is 1.96. The monoisotopic (exact) mass is 332 g/mol. The zero-order valence-corrected chi connectivity index (χ0v) is 14.0. The van der Waals surface area contributed by atoms with Gasteiger partial charge in [-0.25, -0.2) is 9.97 Å². The number of amides is 1. The summed E-state index contributed by atoms with van der Waals surface area (Å²) < 4.78 is 5.75. The smallest absolute Gasteiger partial charge is 0.254 e. The van der Waals surface area contributed by atoms with Crippen molar-refractivity contribution in [2.45, 2.75) is 23.5 Å². The first-order valence-electron chi connectivity index (χ1n) is 8.17. The molecule has 5 heterocycles. The Hall–Kier alpha value is -1.34. The number of likely N-dealkylation sites (tertiary alicyclic amines) is 1. The zero-order chi connectivity index (χ0) is 15.7. The summed E-state index contributed by atoms with van der Waals surface area (Å²) in [6.45, 7) is 4.40. The molecule has 5 fully saturated rings. The number of carbonyl (C=O) groups excluding carboxylic acids is 1. The van der Waals surface area contributed by atoms with Gasteiger partial charge < -0.3 is 14.5 Å². The standard InChI is InChI=1S/C16H20N4O2S/c1-23-12-2-3-17-14(18-12)20-9-15(10-20)7-19(8-15)13(21)16-4-11(5-16)6-22-16/h2-3,11H,4-10H2,1H3. The lowest BCUT2D eigenvalue weighted by atomic mass is 9.69. The largest absolute Gasteiger partial charge is 0.365 e. The molecule has 0 radical (unpaired) electrons. The van der Waals surface area contributed by atoms with Crippen LogP contribution >= 0.6 is 11.8 Å². The lowest BCUT2D eigenvalue weighted by Gasteiger charge is -2.61. The van der Waals surface area contributed by atoms with E-state index in [0.29, 0.717) is 5.92 Å².